The number of carbonyl (C=O) groups is 2. The Hall–Kier alpha value is -2.01. The van der Waals surface area contributed by atoms with E-state index in [9.17, 15) is 9.59 Å². The van der Waals surface area contributed by atoms with E-state index in [2.05, 4.69) is 10.6 Å². The SMILES string of the molecule is CC(=O)N/C(=C\c1ccccc1C)C(=O)Nc1cc(Cl)c(Cl)cc1Cl. The molecular weight excluding hydrogens is 383 g/mol. The zero-order valence-corrected chi connectivity index (χ0v) is 15.8. The van der Waals surface area contributed by atoms with Gasteiger partial charge in [-0.1, -0.05) is 59.1 Å². The summed E-state index contributed by atoms with van der Waals surface area (Å²) >= 11 is 17.9. The molecule has 130 valence electrons. The van der Waals surface area contributed by atoms with Crippen LogP contribution in [0.3, 0.4) is 0 Å². The fourth-order valence-electron chi connectivity index (χ4n) is 2.06. The number of amides is 2. The highest BCUT2D eigenvalue weighted by molar-refractivity contribution is 6.44. The Morgan fingerprint density at radius 2 is 1.64 bits per heavy atom. The smallest absolute Gasteiger partial charge is 0.272 e. The van der Waals surface area contributed by atoms with Crippen LogP contribution >= 0.6 is 34.8 Å². The lowest BCUT2D eigenvalue weighted by Crippen LogP contribution is -2.29. The first-order valence-corrected chi connectivity index (χ1v) is 8.42. The highest BCUT2D eigenvalue weighted by Gasteiger charge is 2.15. The van der Waals surface area contributed by atoms with E-state index >= 15 is 0 Å². The number of benzene rings is 2. The molecule has 0 aromatic heterocycles. The number of carbonyl (C=O) groups excluding carboxylic acids is 2. The summed E-state index contributed by atoms with van der Waals surface area (Å²) in [5.74, 6) is -0.894. The molecule has 7 heteroatoms. The molecule has 2 aromatic carbocycles. The zero-order chi connectivity index (χ0) is 18.6. The maximum atomic E-state index is 12.6. The molecule has 0 heterocycles. The van der Waals surface area contributed by atoms with E-state index in [4.69, 9.17) is 34.8 Å². The Kier molecular flexibility index (Phi) is 6.48. The fraction of sp³-hybridized carbons (Fsp3) is 0.111. The Morgan fingerprint density at radius 3 is 2.28 bits per heavy atom. The molecule has 0 aliphatic rings. The van der Waals surface area contributed by atoms with Gasteiger partial charge in [0.05, 0.1) is 20.8 Å². The van der Waals surface area contributed by atoms with Crippen LogP contribution in [0.25, 0.3) is 6.08 Å². The number of anilines is 1. The predicted octanol–water partition coefficient (Wildman–Crippen LogP) is 5.07. The van der Waals surface area contributed by atoms with Crippen LogP contribution in [-0.4, -0.2) is 11.8 Å². The molecule has 0 saturated carbocycles. The molecule has 0 atom stereocenters. The van der Waals surface area contributed by atoms with Crippen molar-refractivity contribution in [2.24, 2.45) is 0 Å². The summed E-state index contributed by atoms with van der Waals surface area (Å²) in [4.78, 5) is 24.0. The van der Waals surface area contributed by atoms with Crippen LogP contribution < -0.4 is 10.6 Å². The van der Waals surface area contributed by atoms with Crippen LogP contribution in [0.1, 0.15) is 18.1 Å². The first-order valence-electron chi connectivity index (χ1n) is 7.28. The lowest BCUT2D eigenvalue weighted by atomic mass is 10.1. The molecular formula is C18H15Cl3N2O2. The average molecular weight is 398 g/mol. The van der Waals surface area contributed by atoms with E-state index < -0.39 is 5.91 Å². The molecule has 2 rings (SSSR count). The van der Waals surface area contributed by atoms with E-state index in [1.165, 1.54) is 19.1 Å². The summed E-state index contributed by atoms with van der Waals surface area (Å²) in [6.07, 6.45) is 1.59. The van der Waals surface area contributed by atoms with E-state index in [1.54, 1.807) is 6.08 Å². The summed E-state index contributed by atoms with van der Waals surface area (Å²) in [5.41, 5.74) is 2.15. The van der Waals surface area contributed by atoms with Gasteiger partial charge in [0.1, 0.15) is 5.70 Å². The third kappa shape index (κ3) is 5.23. The predicted molar refractivity (Wildman–Crippen MR) is 103 cm³/mol. The van der Waals surface area contributed by atoms with Gasteiger partial charge in [-0.15, -0.1) is 0 Å². The third-order valence-corrected chi connectivity index (χ3v) is 4.34. The minimum atomic E-state index is -0.529. The van der Waals surface area contributed by atoms with Crippen molar-refractivity contribution in [3.63, 3.8) is 0 Å². The summed E-state index contributed by atoms with van der Waals surface area (Å²) in [6, 6.07) is 10.4. The highest BCUT2D eigenvalue weighted by Crippen LogP contribution is 2.32. The zero-order valence-electron chi connectivity index (χ0n) is 13.5. The van der Waals surface area contributed by atoms with Crippen molar-refractivity contribution in [3.05, 3.63) is 68.3 Å². The first-order chi connectivity index (χ1) is 11.8. The van der Waals surface area contributed by atoms with Crippen LogP contribution in [0.2, 0.25) is 15.1 Å². The fourth-order valence-corrected chi connectivity index (χ4v) is 2.65. The van der Waals surface area contributed by atoms with Crippen molar-refractivity contribution in [1.29, 1.82) is 0 Å². The maximum Gasteiger partial charge on any atom is 0.272 e. The number of rotatable bonds is 4. The van der Waals surface area contributed by atoms with Gasteiger partial charge in [0.25, 0.3) is 5.91 Å². The van der Waals surface area contributed by atoms with Crippen molar-refractivity contribution in [3.8, 4) is 0 Å². The Bertz CT molecular complexity index is 863. The van der Waals surface area contributed by atoms with Gasteiger partial charge in [0, 0.05) is 6.92 Å². The largest absolute Gasteiger partial charge is 0.322 e. The third-order valence-electron chi connectivity index (χ3n) is 3.30. The topological polar surface area (TPSA) is 58.2 Å². The normalized spacial score (nSPS) is 11.2. The number of aryl methyl sites for hydroxylation is 1. The van der Waals surface area contributed by atoms with Gasteiger partial charge < -0.3 is 10.6 Å². The van der Waals surface area contributed by atoms with E-state index in [-0.39, 0.29) is 26.7 Å². The first kappa shape index (κ1) is 19.3. The number of halogens is 3. The van der Waals surface area contributed by atoms with Crippen LogP contribution in [-0.2, 0) is 9.59 Å². The van der Waals surface area contributed by atoms with Crippen LogP contribution in [0.4, 0.5) is 5.69 Å². The quantitative estimate of drug-likeness (QED) is 0.559. The Labute approximate surface area is 160 Å². The van der Waals surface area contributed by atoms with Crippen molar-refractivity contribution in [1.82, 2.24) is 5.32 Å². The molecule has 0 fully saturated rings. The second kappa shape index (κ2) is 8.39. The molecule has 0 spiro atoms. The standard InChI is InChI=1S/C18H15Cl3N2O2/c1-10-5-3-4-6-12(10)7-17(22-11(2)24)18(25)23-16-9-14(20)13(19)8-15(16)21/h3-9H,1-2H3,(H,22,24)(H,23,25)/b17-7-. The highest BCUT2D eigenvalue weighted by atomic mass is 35.5. The number of nitrogens with one attached hydrogen (secondary N) is 2. The second-order valence-corrected chi connectivity index (χ2v) is 6.52. The summed E-state index contributed by atoms with van der Waals surface area (Å²) < 4.78 is 0. The molecule has 2 aromatic rings. The molecule has 0 aliphatic carbocycles. The molecule has 0 unspecified atom stereocenters. The van der Waals surface area contributed by atoms with Crippen molar-refractivity contribution < 1.29 is 9.59 Å². The minimum Gasteiger partial charge on any atom is -0.322 e. The van der Waals surface area contributed by atoms with Crippen molar-refractivity contribution in [2.75, 3.05) is 5.32 Å². The van der Waals surface area contributed by atoms with E-state index in [0.29, 0.717) is 5.69 Å². The van der Waals surface area contributed by atoms with Crippen LogP contribution in [0.5, 0.6) is 0 Å². The Morgan fingerprint density at radius 1 is 1.00 bits per heavy atom. The molecule has 0 radical (unpaired) electrons. The molecule has 4 nitrogen and oxygen atoms in total. The molecule has 0 aliphatic heterocycles. The maximum absolute atomic E-state index is 12.6. The summed E-state index contributed by atoms with van der Waals surface area (Å²) in [6.45, 7) is 3.23. The number of hydrogen-bond donors (Lipinski definition) is 2. The van der Waals surface area contributed by atoms with E-state index in [0.717, 1.165) is 11.1 Å². The summed E-state index contributed by atoms with van der Waals surface area (Å²) in [5, 5.41) is 5.93. The lowest BCUT2D eigenvalue weighted by molar-refractivity contribution is -0.120. The Balaban J connectivity index is 2.35. The minimum absolute atomic E-state index is 0.0870. The van der Waals surface area contributed by atoms with Gasteiger partial charge >= 0.3 is 0 Å². The molecule has 2 N–H and O–H groups in total. The average Bonchev–Trinajstić information content (AvgIpc) is 2.53. The molecule has 25 heavy (non-hydrogen) atoms. The lowest BCUT2D eigenvalue weighted by Gasteiger charge is -2.12. The summed E-state index contributed by atoms with van der Waals surface area (Å²) in [7, 11) is 0. The van der Waals surface area contributed by atoms with Gasteiger partial charge in [0.15, 0.2) is 0 Å². The van der Waals surface area contributed by atoms with Crippen LogP contribution in [0.15, 0.2) is 42.1 Å². The van der Waals surface area contributed by atoms with Gasteiger partial charge in [0.2, 0.25) is 5.91 Å². The van der Waals surface area contributed by atoms with E-state index in [1.807, 2.05) is 31.2 Å². The van der Waals surface area contributed by atoms with Gasteiger partial charge in [-0.3, -0.25) is 9.59 Å². The monoisotopic (exact) mass is 396 g/mol. The number of hydrogen-bond acceptors (Lipinski definition) is 2. The van der Waals surface area contributed by atoms with Gasteiger partial charge in [-0.05, 0) is 36.3 Å². The second-order valence-electron chi connectivity index (χ2n) is 5.30. The molecule has 0 saturated heterocycles. The van der Waals surface area contributed by atoms with Crippen LogP contribution in [0, 0.1) is 6.92 Å². The van der Waals surface area contributed by atoms with Gasteiger partial charge in [-0.25, -0.2) is 0 Å². The van der Waals surface area contributed by atoms with Crippen molar-refractivity contribution >= 4 is 58.4 Å². The molecule has 0 bridgehead atoms. The van der Waals surface area contributed by atoms with Crippen molar-refractivity contribution in [2.45, 2.75) is 13.8 Å². The molecule has 2 amide bonds. The van der Waals surface area contributed by atoms with Gasteiger partial charge in [-0.2, -0.15) is 0 Å².